The van der Waals surface area contributed by atoms with Gasteiger partial charge in [-0.3, -0.25) is 4.79 Å². The van der Waals surface area contributed by atoms with Crippen LogP contribution in [0.2, 0.25) is 0 Å². The predicted octanol–water partition coefficient (Wildman–Crippen LogP) is 2.53. The van der Waals surface area contributed by atoms with Gasteiger partial charge >= 0.3 is 5.97 Å². The van der Waals surface area contributed by atoms with Gasteiger partial charge in [-0.15, -0.1) is 0 Å². The molecule has 0 unspecified atom stereocenters. The van der Waals surface area contributed by atoms with Crippen LogP contribution in [0.4, 0.5) is 0 Å². The van der Waals surface area contributed by atoms with Crippen molar-refractivity contribution in [1.82, 2.24) is 0 Å². The minimum atomic E-state index is -1.11. The number of carbonyl (C=O) groups is 1. The largest absolute Gasteiger partial charge is 0.490 e. The summed E-state index contributed by atoms with van der Waals surface area (Å²) in [4.78, 5) is 23.4. The number of hydrogen-bond donors (Lipinski definition) is 2. The topological polar surface area (TPSA) is 97.0 Å². The summed E-state index contributed by atoms with van der Waals surface area (Å²) >= 11 is 0. The van der Waals surface area contributed by atoms with E-state index in [1.807, 2.05) is 0 Å². The van der Waals surface area contributed by atoms with E-state index in [2.05, 4.69) is 0 Å². The second kappa shape index (κ2) is 6.55. The van der Waals surface area contributed by atoms with Crippen LogP contribution < -0.4 is 10.2 Å². The van der Waals surface area contributed by atoms with Crippen molar-refractivity contribution in [3.05, 3.63) is 64.3 Å². The predicted molar refractivity (Wildman–Crippen MR) is 87.5 cm³/mol. The molecule has 0 aliphatic rings. The Morgan fingerprint density at radius 2 is 1.92 bits per heavy atom. The molecule has 2 N–H and O–H groups in total. The minimum Gasteiger partial charge on any atom is -0.490 e. The summed E-state index contributed by atoms with van der Waals surface area (Å²) in [6.45, 7) is -0.00916. The van der Waals surface area contributed by atoms with Crippen LogP contribution in [0.5, 0.6) is 5.75 Å². The molecule has 1 heterocycles. The van der Waals surface area contributed by atoms with Gasteiger partial charge in [-0.1, -0.05) is 12.1 Å². The van der Waals surface area contributed by atoms with Gasteiger partial charge in [0.25, 0.3) is 0 Å². The van der Waals surface area contributed by atoms with Gasteiger partial charge in [0.1, 0.15) is 23.7 Å². The number of rotatable bonds is 5. The number of ether oxygens (including phenoxy) is 1. The van der Waals surface area contributed by atoms with Crippen LogP contribution in [-0.4, -0.2) is 29.4 Å². The molecule has 0 atom stereocenters. The van der Waals surface area contributed by atoms with Crippen LogP contribution in [0, 0.1) is 0 Å². The number of aliphatic hydroxyl groups excluding tert-OH is 1. The zero-order valence-corrected chi connectivity index (χ0v) is 12.6. The first kappa shape index (κ1) is 15.8. The van der Waals surface area contributed by atoms with Gasteiger partial charge in [0.05, 0.1) is 23.1 Å². The lowest BCUT2D eigenvalue weighted by atomic mass is 10.1. The highest BCUT2D eigenvalue weighted by molar-refractivity contribution is 5.93. The fourth-order valence-corrected chi connectivity index (χ4v) is 2.37. The number of aliphatic hydroxyl groups is 1. The van der Waals surface area contributed by atoms with Crippen LogP contribution >= 0.6 is 0 Å². The van der Waals surface area contributed by atoms with E-state index >= 15 is 0 Å². The summed E-state index contributed by atoms with van der Waals surface area (Å²) in [5.41, 5.74) is 0.548. The Morgan fingerprint density at radius 1 is 1.12 bits per heavy atom. The molecule has 0 aliphatic heterocycles. The maximum Gasteiger partial charge on any atom is 0.335 e. The third-order valence-electron chi connectivity index (χ3n) is 3.48. The summed E-state index contributed by atoms with van der Waals surface area (Å²) in [6.07, 6.45) is 0. The van der Waals surface area contributed by atoms with Crippen LogP contribution in [0.25, 0.3) is 22.3 Å². The number of aromatic carboxylic acids is 1. The van der Waals surface area contributed by atoms with Crippen molar-refractivity contribution >= 4 is 16.9 Å². The minimum absolute atomic E-state index is 0.0224. The Balaban J connectivity index is 2.14. The van der Waals surface area contributed by atoms with E-state index in [4.69, 9.17) is 19.4 Å². The van der Waals surface area contributed by atoms with E-state index in [9.17, 15) is 9.59 Å². The van der Waals surface area contributed by atoms with E-state index in [-0.39, 0.29) is 29.6 Å². The highest BCUT2D eigenvalue weighted by atomic mass is 16.5. The molecule has 0 radical (unpaired) electrons. The van der Waals surface area contributed by atoms with Gasteiger partial charge in [0.2, 0.25) is 0 Å². The molecule has 0 spiro atoms. The SMILES string of the molecule is O=C(O)c1ccc2oc(-c3ccccc3OCCO)cc(=O)c2c1. The maximum absolute atomic E-state index is 12.3. The van der Waals surface area contributed by atoms with Gasteiger partial charge < -0.3 is 19.4 Å². The summed E-state index contributed by atoms with van der Waals surface area (Å²) in [5, 5.41) is 18.1. The van der Waals surface area contributed by atoms with Gasteiger partial charge in [-0.2, -0.15) is 0 Å². The van der Waals surface area contributed by atoms with E-state index in [1.165, 1.54) is 24.3 Å². The second-order valence-corrected chi connectivity index (χ2v) is 5.06. The Kier molecular flexibility index (Phi) is 4.31. The molecular formula is C18H14O6. The van der Waals surface area contributed by atoms with Crippen molar-refractivity contribution < 1.29 is 24.2 Å². The van der Waals surface area contributed by atoms with Crippen LogP contribution in [0.3, 0.4) is 0 Å². The third-order valence-corrected chi connectivity index (χ3v) is 3.48. The van der Waals surface area contributed by atoms with E-state index < -0.39 is 5.97 Å². The molecule has 0 saturated carbocycles. The monoisotopic (exact) mass is 326 g/mol. The highest BCUT2D eigenvalue weighted by Gasteiger charge is 2.13. The first-order valence-corrected chi connectivity index (χ1v) is 7.24. The fourth-order valence-electron chi connectivity index (χ4n) is 2.37. The lowest BCUT2D eigenvalue weighted by Gasteiger charge is -2.10. The first-order valence-electron chi connectivity index (χ1n) is 7.24. The lowest BCUT2D eigenvalue weighted by Crippen LogP contribution is -2.05. The summed E-state index contributed by atoms with van der Waals surface area (Å²) < 4.78 is 11.2. The Labute approximate surface area is 136 Å². The average Bonchev–Trinajstić information content (AvgIpc) is 2.59. The Morgan fingerprint density at radius 3 is 2.67 bits per heavy atom. The zero-order chi connectivity index (χ0) is 17.1. The molecule has 6 heteroatoms. The fraction of sp³-hybridized carbons (Fsp3) is 0.111. The van der Waals surface area contributed by atoms with Crippen molar-refractivity contribution in [2.45, 2.75) is 0 Å². The second-order valence-electron chi connectivity index (χ2n) is 5.06. The number of benzene rings is 2. The van der Waals surface area contributed by atoms with Gasteiger partial charge in [0, 0.05) is 6.07 Å². The number of hydrogen-bond acceptors (Lipinski definition) is 5. The standard InChI is InChI=1S/C18H14O6/c19-7-8-23-15-4-2-1-3-12(15)17-10-14(20)13-9-11(18(21)22)5-6-16(13)24-17/h1-6,9-10,19H,7-8H2,(H,21,22). The molecule has 1 aromatic heterocycles. The normalized spacial score (nSPS) is 10.7. The molecule has 3 aromatic rings. The molecule has 2 aromatic carbocycles. The number of fused-ring (bicyclic) bond motifs is 1. The molecule has 0 bridgehead atoms. The van der Waals surface area contributed by atoms with Crippen molar-refractivity contribution in [3.8, 4) is 17.1 Å². The van der Waals surface area contributed by atoms with E-state index in [0.29, 0.717) is 22.7 Å². The van der Waals surface area contributed by atoms with Gasteiger partial charge in [0.15, 0.2) is 5.43 Å². The molecule has 0 aliphatic carbocycles. The van der Waals surface area contributed by atoms with Crippen molar-refractivity contribution in [3.63, 3.8) is 0 Å². The Bertz CT molecular complexity index is 957. The zero-order valence-electron chi connectivity index (χ0n) is 12.6. The number of para-hydroxylation sites is 1. The van der Waals surface area contributed by atoms with Crippen molar-refractivity contribution in [2.75, 3.05) is 13.2 Å². The van der Waals surface area contributed by atoms with Crippen molar-refractivity contribution in [1.29, 1.82) is 0 Å². The summed E-state index contributed by atoms with van der Waals surface area (Å²) in [7, 11) is 0. The molecule has 3 rings (SSSR count). The van der Waals surface area contributed by atoms with Crippen molar-refractivity contribution in [2.24, 2.45) is 0 Å². The molecule has 0 fully saturated rings. The number of carboxylic acids is 1. The van der Waals surface area contributed by atoms with Gasteiger partial charge in [-0.05, 0) is 30.3 Å². The van der Waals surface area contributed by atoms with E-state index in [0.717, 1.165) is 0 Å². The molecule has 6 nitrogen and oxygen atoms in total. The van der Waals surface area contributed by atoms with Crippen LogP contribution in [0.1, 0.15) is 10.4 Å². The summed E-state index contributed by atoms with van der Waals surface area (Å²) in [5.74, 6) is -0.316. The first-order chi connectivity index (χ1) is 11.6. The number of carboxylic acid groups (broad SMARTS) is 1. The van der Waals surface area contributed by atoms with Crippen LogP contribution in [-0.2, 0) is 0 Å². The highest BCUT2D eigenvalue weighted by Crippen LogP contribution is 2.30. The van der Waals surface area contributed by atoms with E-state index in [1.54, 1.807) is 24.3 Å². The average molecular weight is 326 g/mol. The maximum atomic E-state index is 12.3. The molecule has 24 heavy (non-hydrogen) atoms. The Hall–Kier alpha value is -3.12. The molecule has 0 amide bonds. The molecule has 0 saturated heterocycles. The quantitative estimate of drug-likeness (QED) is 0.748. The summed E-state index contributed by atoms with van der Waals surface area (Å²) in [6, 6.07) is 12.4. The molecule has 122 valence electrons. The van der Waals surface area contributed by atoms with Gasteiger partial charge in [-0.25, -0.2) is 4.79 Å². The van der Waals surface area contributed by atoms with Crippen LogP contribution in [0.15, 0.2) is 57.7 Å². The third kappa shape index (κ3) is 3.00. The molecular weight excluding hydrogens is 312 g/mol. The lowest BCUT2D eigenvalue weighted by molar-refractivity contribution is 0.0697. The smallest absolute Gasteiger partial charge is 0.335 e.